The predicted molar refractivity (Wildman–Crippen MR) is 72.2 cm³/mol. The summed E-state index contributed by atoms with van der Waals surface area (Å²) in [5.41, 5.74) is 1.33. The van der Waals surface area contributed by atoms with Gasteiger partial charge in [0.25, 0.3) is 5.91 Å². The Bertz CT molecular complexity index is 500. The lowest BCUT2D eigenvalue weighted by molar-refractivity contribution is -0.140. The zero-order valence-corrected chi connectivity index (χ0v) is 11.8. The summed E-state index contributed by atoms with van der Waals surface area (Å²) in [5.74, 6) is -0.322. The summed E-state index contributed by atoms with van der Waals surface area (Å²) in [4.78, 5) is 25.0. The Hall–Kier alpha value is -1.50. The summed E-state index contributed by atoms with van der Waals surface area (Å²) in [5, 5.41) is 13.5. The lowest BCUT2D eigenvalue weighted by Gasteiger charge is -2.20. The highest BCUT2D eigenvalue weighted by atomic mass is 32.2. The second-order valence-electron chi connectivity index (χ2n) is 4.32. The smallest absolute Gasteiger partial charge is 0.327 e. The van der Waals surface area contributed by atoms with Gasteiger partial charge in [0.05, 0.1) is 11.6 Å². The molecule has 0 radical (unpaired) electrons. The van der Waals surface area contributed by atoms with Gasteiger partial charge in [0, 0.05) is 12.3 Å². The molecule has 0 saturated carbocycles. The topological polar surface area (TPSA) is 75.4 Å². The first kappa shape index (κ1) is 13.9. The summed E-state index contributed by atoms with van der Waals surface area (Å²) < 4.78 is 1.64. The second kappa shape index (κ2) is 5.64. The number of hydrogen-bond acceptors (Lipinski definition) is 4. The van der Waals surface area contributed by atoms with E-state index in [1.807, 2.05) is 13.8 Å². The number of rotatable bonds is 4. The zero-order chi connectivity index (χ0) is 14.0. The van der Waals surface area contributed by atoms with Crippen LogP contribution in [0.3, 0.4) is 0 Å². The fraction of sp³-hybridized carbons (Fsp3) is 0.583. The second-order valence-corrected chi connectivity index (χ2v) is 5.32. The van der Waals surface area contributed by atoms with E-state index in [4.69, 9.17) is 5.11 Å². The lowest BCUT2D eigenvalue weighted by Crippen LogP contribution is -2.42. The monoisotopic (exact) mass is 283 g/mol. The molecule has 0 spiro atoms. The summed E-state index contributed by atoms with van der Waals surface area (Å²) in [7, 11) is 0. The Kier molecular flexibility index (Phi) is 4.14. The summed E-state index contributed by atoms with van der Waals surface area (Å²) >= 11 is 1.46. The number of carbonyl (C=O) groups is 2. The normalized spacial score (nSPS) is 18.8. The van der Waals surface area contributed by atoms with Crippen LogP contribution in [0.5, 0.6) is 0 Å². The highest BCUT2D eigenvalue weighted by Crippen LogP contribution is 2.23. The molecule has 0 aliphatic carbocycles. The maximum atomic E-state index is 12.5. The highest BCUT2D eigenvalue weighted by molar-refractivity contribution is 7.99. The fourth-order valence-electron chi connectivity index (χ4n) is 2.05. The van der Waals surface area contributed by atoms with Crippen molar-refractivity contribution < 1.29 is 14.7 Å². The molecule has 1 aromatic heterocycles. The van der Waals surface area contributed by atoms with E-state index in [0.717, 1.165) is 12.1 Å². The van der Waals surface area contributed by atoms with Crippen LogP contribution >= 0.6 is 11.8 Å². The van der Waals surface area contributed by atoms with Gasteiger partial charge in [-0.25, -0.2) is 4.79 Å². The van der Waals surface area contributed by atoms with E-state index in [1.165, 1.54) is 16.7 Å². The Balaban J connectivity index is 2.28. The fourth-order valence-corrected chi connectivity index (χ4v) is 3.20. The van der Waals surface area contributed by atoms with Crippen LogP contribution in [0, 0.1) is 0 Å². The number of carboxylic acid groups (broad SMARTS) is 1. The van der Waals surface area contributed by atoms with Crippen molar-refractivity contribution in [2.75, 3.05) is 11.6 Å². The van der Waals surface area contributed by atoms with Crippen LogP contribution in [0.25, 0.3) is 0 Å². The van der Waals surface area contributed by atoms with Gasteiger partial charge in [0.1, 0.15) is 11.7 Å². The van der Waals surface area contributed by atoms with E-state index >= 15 is 0 Å². The van der Waals surface area contributed by atoms with Crippen molar-refractivity contribution in [2.24, 2.45) is 0 Å². The maximum Gasteiger partial charge on any atom is 0.327 e. The van der Waals surface area contributed by atoms with Gasteiger partial charge in [0.2, 0.25) is 0 Å². The van der Waals surface area contributed by atoms with Crippen LogP contribution in [0.2, 0.25) is 0 Å². The number of aliphatic carboxylic acids is 1. The number of nitrogens with zero attached hydrogens (tertiary/aromatic N) is 3. The molecule has 6 nitrogen and oxygen atoms in total. The number of aromatic nitrogens is 2. The number of carboxylic acids is 1. The number of aryl methyl sites for hydroxylation is 2. The minimum Gasteiger partial charge on any atom is -0.480 e. The van der Waals surface area contributed by atoms with Crippen molar-refractivity contribution in [2.45, 2.75) is 32.9 Å². The third-order valence-corrected chi connectivity index (χ3v) is 4.15. The van der Waals surface area contributed by atoms with Crippen molar-refractivity contribution in [1.29, 1.82) is 0 Å². The molecule has 1 N–H and O–H groups in total. The first-order valence-corrected chi connectivity index (χ1v) is 7.42. The molecule has 1 amide bonds. The molecule has 1 aromatic rings. The van der Waals surface area contributed by atoms with Gasteiger partial charge in [0.15, 0.2) is 0 Å². The van der Waals surface area contributed by atoms with E-state index in [-0.39, 0.29) is 5.91 Å². The first-order chi connectivity index (χ1) is 9.08. The van der Waals surface area contributed by atoms with Crippen LogP contribution in [0.15, 0.2) is 6.07 Å². The van der Waals surface area contributed by atoms with E-state index in [0.29, 0.717) is 23.9 Å². The van der Waals surface area contributed by atoms with Crippen molar-refractivity contribution in [1.82, 2.24) is 14.7 Å². The Morgan fingerprint density at radius 2 is 2.26 bits per heavy atom. The van der Waals surface area contributed by atoms with E-state index in [1.54, 1.807) is 10.7 Å². The molecule has 0 bridgehead atoms. The number of thioether (sulfide) groups is 1. The summed E-state index contributed by atoms with van der Waals surface area (Å²) in [6, 6.07) is 1.02. The molecule has 1 unspecified atom stereocenters. The Labute approximate surface area is 115 Å². The van der Waals surface area contributed by atoms with Crippen molar-refractivity contribution >= 4 is 23.6 Å². The van der Waals surface area contributed by atoms with Crippen molar-refractivity contribution in [3.8, 4) is 0 Å². The molecule has 104 valence electrons. The average Bonchev–Trinajstić information content (AvgIpc) is 3.04. The van der Waals surface area contributed by atoms with Gasteiger partial charge < -0.3 is 10.0 Å². The van der Waals surface area contributed by atoms with Gasteiger partial charge in [-0.1, -0.05) is 6.92 Å². The Morgan fingerprint density at radius 3 is 2.84 bits per heavy atom. The SMILES string of the molecule is CCc1cc(C(=O)N2CSCC2C(=O)O)n(CC)n1. The zero-order valence-electron chi connectivity index (χ0n) is 11.0. The molecule has 1 aliphatic heterocycles. The van der Waals surface area contributed by atoms with E-state index < -0.39 is 12.0 Å². The first-order valence-electron chi connectivity index (χ1n) is 6.26. The molecular weight excluding hydrogens is 266 g/mol. The third kappa shape index (κ3) is 2.60. The summed E-state index contributed by atoms with van der Waals surface area (Å²) in [6.07, 6.45) is 0.754. The number of hydrogen-bond donors (Lipinski definition) is 1. The van der Waals surface area contributed by atoms with Gasteiger partial charge in [-0.15, -0.1) is 11.8 Å². The van der Waals surface area contributed by atoms with Gasteiger partial charge in [-0.05, 0) is 19.4 Å². The maximum absolute atomic E-state index is 12.5. The Morgan fingerprint density at radius 1 is 1.53 bits per heavy atom. The molecule has 19 heavy (non-hydrogen) atoms. The van der Waals surface area contributed by atoms with Crippen LogP contribution in [0.1, 0.15) is 30.0 Å². The molecule has 1 atom stereocenters. The molecule has 1 fully saturated rings. The average molecular weight is 283 g/mol. The molecule has 2 heterocycles. The third-order valence-electron chi connectivity index (χ3n) is 3.14. The molecular formula is C12H17N3O3S. The van der Waals surface area contributed by atoms with Gasteiger partial charge in [-0.2, -0.15) is 5.10 Å². The lowest BCUT2D eigenvalue weighted by atomic mass is 10.2. The number of amides is 1. The predicted octanol–water partition coefficient (Wildman–Crippen LogP) is 1.07. The summed E-state index contributed by atoms with van der Waals surface area (Å²) in [6.45, 7) is 4.48. The van der Waals surface area contributed by atoms with Crippen LogP contribution in [-0.4, -0.2) is 49.3 Å². The van der Waals surface area contributed by atoms with Gasteiger partial charge >= 0.3 is 5.97 Å². The van der Waals surface area contributed by atoms with E-state index in [9.17, 15) is 9.59 Å². The molecule has 1 aliphatic rings. The standard InChI is InChI=1S/C12H17N3O3S/c1-3-8-5-9(15(4-2)13-8)11(16)14-7-19-6-10(14)12(17)18/h5,10H,3-4,6-7H2,1-2H3,(H,17,18). The quantitative estimate of drug-likeness (QED) is 0.894. The minimum atomic E-state index is -0.948. The molecule has 0 aromatic carbocycles. The van der Waals surface area contributed by atoms with Crippen LogP contribution < -0.4 is 0 Å². The molecule has 2 rings (SSSR count). The highest BCUT2D eigenvalue weighted by Gasteiger charge is 2.36. The van der Waals surface area contributed by atoms with Crippen LogP contribution in [-0.2, 0) is 17.8 Å². The van der Waals surface area contributed by atoms with Crippen molar-refractivity contribution in [3.63, 3.8) is 0 Å². The van der Waals surface area contributed by atoms with Crippen molar-refractivity contribution in [3.05, 3.63) is 17.5 Å². The van der Waals surface area contributed by atoms with Gasteiger partial charge in [-0.3, -0.25) is 9.48 Å². The largest absolute Gasteiger partial charge is 0.480 e. The molecule has 7 heteroatoms. The number of carbonyl (C=O) groups excluding carboxylic acids is 1. The van der Waals surface area contributed by atoms with E-state index in [2.05, 4.69) is 5.10 Å². The molecule has 1 saturated heterocycles. The van der Waals surface area contributed by atoms with Crippen LogP contribution in [0.4, 0.5) is 0 Å². The minimum absolute atomic E-state index is 0.244.